The maximum atomic E-state index is 14.0. The molecule has 2 aromatic carbocycles. The van der Waals surface area contributed by atoms with Crippen molar-refractivity contribution < 1.29 is 28.3 Å². The van der Waals surface area contributed by atoms with Crippen LogP contribution in [0.4, 0.5) is 19.3 Å². The van der Waals surface area contributed by atoms with Gasteiger partial charge < -0.3 is 9.47 Å². The number of methoxy groups -OCH3 is 1. The van der Waals surface area contributed by atoms with E-state index in [-0.39, 0.29) is 28.7 Å². The first-order chi connectivity index (χ1) is 10.9. The molecule has 0 heterocycles. The Bertz CT molecular complexity index is 721. The van der Waals surface area contributed by atoms with Crippen molar-refractivity contribution in [1.82, 2.24) is 0 Å². The van der Waals surface area contributed by atoms with Gasteiger partial charge in [-0.05, 0) is 36.8 Å². The number of carbonyl (C=O) groups excluding carboxylic acids is 1. The molecule has 0 aliphatic heterocycles. The third-order valence-electron chi connectivity index (χ3n) is 3.13. The van der Waals surface area contributed by atoms with E-state index in [9.17, 15) is 18.8 Å². The molecule has 7 heteroatoms. The van der Waals surface area contributed by atoms with Gasteiger partial charge in [0, 0.05) is 0 Å². The van der Waals surface area contributed by atoms with Crippen molar-refractivity contribution in [2.75, 3.05) is 12.2 Å². The van der Waals surface area contributed by atoms with Gasteiger partial charge >= 0.3 is 6.09 Å². The van der Waals surface area contributed by atoms with E-state index in [4.69, 9.17) is 4.74 Å². The van der Waals surface area contributed by atoms with Crippen LogP contribution < -0.4 is 9.80 Å². The van der Waals surface area contributed by atoms with Crippen molar-refractivity contribution in [2.24, 2.45) is 0 Å². The summed E-state index contributed by atoms with van der Waals surface area (Å²) in [5.41, 5.74) is 0.457. The number of hydrogen-bond acceptors (Lipinski definition) is 4. The third-order valence-corrected chi connectivity index (χ3v) is 3.13. The smallest absolute Gasteiger partial charge is 0.438 e. The SMILES string of the molecule is COC(=O)N(O)c1cccc(F)c1COc1ccc(C)cc1F. The van der Waals surface area contributed by atoms with Gasteiger partial charge in [-0.3, -0.25) is 5.21 Å². The molecule has 0 aliphatic carbocycles. The van der Waals surface area contributed by atoms with Crippen LogP contribution in [0.15, 0.2) is 36.4 Å². The molecular weight excluding hydrogens is 308 g/mol. The topological polar surface area (TPSA) is 59.0 Å². The number of amides is 1. The van der Waals surface area contributed by atoms with E-state index in [1.807, 2.05) is 0 Å². The number of hydroxylamine groups is 1. The van der Waals surface area contributed by atoms with Crippen LogP contribution in [0.3, 0.4) is 0 Å². The van der Waals surface area contributed by atoms with Gasteiger partial charge in [0.25, 0.3) is 0 Å². The van der Waals surface area contributed by atoms with Gasteiger partial charge in [0.05, 0.1) is 18.4 Å². The lowest BCUT2D eigenvalue weighted by Gasteiger charge is -2.18. The zero-order chi connectivity index (χ0) is 17.0. The molecule has 2 rings (SSSR count). The lowest BCUT2D eigenvalue weighted by atomic mass is 10.1. The highest BCUT2D eigenvalue weighted by atomic mass is 19.1. The Labute approximate surface area is 131 Å². The summed E-state index contributed by atoms with van der Waals surface area (Å²) in [6.45, 7) is 1.35. The van der Waals surface area contributed by atoms with Gasteiger partial charge in [0.1, 0.15) is 12.4 Å². The highest BCUT2D eigenvalue weighted by Gasteiger charge is 2.20. The first kappa shape index (κ1) is 16.7. The summed E-state index contributed by atoms with van der Waals surface area (Å²) < 4.78 is 37.4. The minimum atomic E-state index is -1.08. The van der Waals surface area contributed by atoms with Crippen LogP contribution in [0.1, 0.15) is 11.1 Å². The highest BCUT2D eigenvalue weighted by Crippen LogP contribution is 2.26. The van der Waals surface area contributed by atoms with Crippen molar-refractivity contribution in [3.05, 3.63) is 59.2 Å². The molecule has 0 atom stereocenters. The average molecular weight is 323 g/mol. The van der Waals surface area contributed by atoms with E-state index in [0.717, 1.165) is 13.2 Å². The number of hydrogen-bond donors (Lipinski definition) is 1. The number of benzene rings is 2. The number of aryl methyl sites for hydroxylation is 1. The average Bonchev–Trinajstić information content (AvgIpc) is 2.53. The van der Waals surface area contributed by atoms with Crippen LogP contribution in [0.25, 0.3) is 0 Å². The summed E-state index contributed by atoms with van der Waals surface area (Å²) in [7, 11) is 1.07. The summed E-state index contributed by atoms with van der Waals surface area (Å²) in [6, 6.07) is 8.11. The van der Waals surface area contributed by atoms with Crippen LogP contribution >= 0.6 is 0 Å². The molecule has 0 unspecified atom stereocenters. The monoisotopic (exact) mass is 323 g/mol. The number of ether oxygens (including phenoxy) is 2. The standard InChI is InChI=1S/C16H15F2NO4/c1-10-6-7-15(13(18)8-10)23-9-11-12(17)4-3-5-14(11)19(21)16(20)22-2/h3-8,21H,9H2,1-2H3. The summed E-state index contributed by atoms with van der Waals surface area (Å²) in [5, 5.41) is 9.90. The first-order valence-electron chi connectivity index (χ1n) is 6.67. The molecule has 0 aliphatic rings. The Hall–Kier alpha value is -2.67. The van der Waals surface area contributed by atoms with Crippen molar-refractivity contribution >= 4 is 11.8 Å². The molecule has 1 N–H and O–H groups in total. The molecule has 2 aromatic rings. The third kappa shape index (κ3) is 3.75. The summed E-state index contributed by atoms with van der Waals surface area (Å²) in [4.78, 5) is 11.4. The largest absolute Gasteiger partial charge is 0.486 e. The van der Waals surface area contributed by atoms with Gasteiger partial charge in [-0.1, -0.05) is 12.1 Å². The van der Waals surface area contributed by atoms with Crippen molar-refractivity contribution in [3.63, 3.8) is 0 Å². The lowest BCUT2D eigenvalue weighted by Crippen LogP contribution is -2.28. The van der Waals surface area contributed by atoms with Crippen LogP contribution in [-0.2, 0) is 11.3 Å². The normalized spacial score (nSPS) is 10.3. The van der Waals surface area contributed by atoms with E-state index in [1.165, 1.54) is 24.3 Å². The van der Waals surface area contributed by atoms with Gasteiger partial charge in [0.15, 0.2) is 11.6 Å². The minimum Gasteiger partial charge on any atom is -0.486 e. The van der Waals surface area contributed by atoms with E-state index >= 15 is 0 Å². The Kier molecular flexibility index (Phi) is 5.13. The van der Waals surface area contributed by atoms with Gasteiger partial charge in [0.2, 0.25) is 0 Å². The second kappa shape index (κ2) is 7.06. The lowest BCUT2D eigenvalue weighted by molar-refractivity contribution is 0.140. The van der Waals surface area contributed by atoms with Gasteiger partial charge in [-0.25, -0.2) is 13.6 Å². The van der Waals surface area contributed by atoms with E-state index in [0.29, 0.717) is 5.56 Å². The Morgan fingerprint density at radius 3 is 2.61 bits per heavy atom. The minimum absolute atomic E-state index is 0.0626. The summed E-state index contributed by atoms with van der Waals surface area (Å²) in [6.07, 6.45) is -1.08. The zero-order valence-electron chi connectivity index (χ0n) is 12.5. The molecule has 23 heavy (non-hydrogen) atoms. The van der Waals surface area contributed by atoms with Crippen molar-refractivity contribution in [1.29, 1.82) is 0 Å². The quantitative estimate of drug-likeness (QED) is 0.686. The predicted molar refractivity (Wildman–Crippen MR) is 78.5 cm³/mol. The van der Waals surface area contributed by atoms with Gasteiger partial charge in [-0.15, -0.1) is 0 Å². The van der Waals surface area contributed by atoms with Crippen LogP contribution in [-0.4, -0.2) is 18.4 Å². The van der Waals surface area contributed by atoms with Crippen LogP contribution in [0.2, 0.25) is 0 Å². The fourth-order valence-electron chi connectivity index (χ4n) is 1.95. The summed E-state index contributed by atoms with van der Waals surface area (Å²) >= 11 is 0. The number of anilines is 1. The number of nitrogens with zero attached hydrogens (tertiary/aromatic N) is 1. The highest BCUT2D eigenvalue weighted by molar-refractivity contribution is 5.85. The van der Waals surface area contributed by atoms with Gasteiger partial charge in [-0.2, -0.15) is 5.06 Å². The van der Waals surface area contributed by atoms with E-state index in [1.54, 1.807) is 13.0 Å². The predicted octanol–water partition coefficient (Wildman–Crippen LogP) is 3.81. The molecule has 0 radical (unpaired) electrons. The molecule has 5 nitrogen and oxygen atoms in total. The number of carbonyl (C=O) groups is 1. The molecule has 0 saturated heterocycles. The molecule has 0 saturated carbocycles. The Balaban J connectivity index is 2.27. The Morgan fingerprint density at radius 1 is 1.22 bits per heavy atom. The second-order valence-electron chi connectivity index (χ2n) is 4.74. The molecule has 0 fully saturated rings. The number of halogens is 2. The molecule has 0 spiro atoms. The number of rotatable bonds is 4. The fourth-order valence-corrected chi connectivity index (χ4v) is 1.95. The molecule has 1 amide bonds. The maximum Gasteiger partial charge on any atom is 0.438 e. The molecular formula is C16H15F2NO4. The second-order valence-corrected chi connectivity index (χ2v) is 4.74. The van der Waals surface area contributed by atoms with Crippen molar-refractivity contribution in [3.8, 4) is 5.75 Å². The Morgan fingerprint density at radius 2 is 1.96 bits per heavy atom. The molecule has 122 valence electrons. The van der Waals surface area contributed by atoms with E-state index < -0.39 is 17.7 Å². The maximum absolute atomic E-state index is 14.0. The van der Waals surface area contributed by atoms with Crippen LogP contribution in [0, 0.1) is 18.6 Å². The molecule has 0 aromatic heterocycles. The van der Waals surface area contributed by atoms with E-state index in [2.05, 4.69) is 4.74 Å². The molecule has 0 bridgehead atoms. The summed E-state index contributed by atoms with van der Waals surface area (Å²) in [5.74, 6) is -1.36. The zero-order valence-corrected chi connectivity index (χ0v) is 12.5. The van der Waals surface area contributed by atoms with Crippen LogP contribution in [0.5, 0.6) is 5.75 Å². The first-order valence-corrected chi connectivity index (χ1v) is 6.67. The fraction of sp³-hybridized carbons (Fsp3) is 0.188. The van der Waals surface area contributed by atoms with Crippen molar-refractivity contribution in [2.45, 2.75) is 13.5 Å².